The Morgan fingerprint density at radius 3 is 3.00 bits per heavy atom. The first kappa shape index (κ1) is 4.86. The Balaban J connectivity index is 3.05. The molecule has 0 aromatic carbocycles. The predicted octanol–water partition coefficient (Wildman–Crippen LogP) is 0.863. The number of aromatic nitrogens is 1. The lowest BCUT2D eigenvalue weighted by Crippen LogP contribution is -1.72. The van der Waals surface area contributed by atoms with E-state index in [1.807, 2.05) is 0 Å². The molecule has 0 bridgehead atoms. The van der Waals surface area contributed by atoms with Crippen molar-refractivity contribution in [1.29, 1.82) is 0 Å². The molecule has 37 valence electrons. The van der Waals surface area contributed by atoms with Gasteiger partial charge >= 0.3 is 0 Å². The van der Waals surface area contributed by atoms with Gasteiger partial charge in [-0.3, -0.25) is 4.98 Å². The lowest BCUT2D eigenvalue weighted by molar-refractivity contribution is 1.31. The Bertz CT molecular complexity index is 195. The van der Waals surface area contributed by atoms with Gasteiger partial charge < -0.3 is 0 Å². The van der Waals surface area contributed by atoms with Crippen molar-refractivity contribution in [3.05, 3.63) is 30.1 Å². The molecular weight excluding hydrogens is 98.1 g/mol. The largest absolute Gasteiger partial charge is 0.263 e. The predicted molar refractivity (Wildman–Crippen MR) is 31.0 cm³/mol. The van der Waals surface area contributed by atoms with Crippen LogP contribution >= 0.6 is 0 Å². The molecular formula is C7H4N. The van der Waals surface area contributed by atoms with Gasteiger partial charge in [0, 0.05) is 24.0 Å². The van der Waals surface area contributed by atoms with Crippen LogP contribution in [0.4, 0.5) is 0 Å². The van der Waals surface area contributed by atoms with E-state index in [4.69, 9.17) is 6.42 Å². The van der Waals surface area contributed by atoms with Crippen LogP contribution in [0.2, 0.25) is 0 Å². The first-order valence-corrected chi connectivity index (χ1v) is 2.21. The highest BCUT2D eigenvalue weighted by Crippen LogP contribution is 1.88. The average molecular weight is 102 g/mol. The fourth-order valence-corrected chi connectivity index (χ4v) is 0.404. The van der Waals surface area contributed by atoms with Gasteiger partial charge in [0.1, 0.15) is 0 Å². The summed E-state index contributed by atoms with van der Waals surface area (Å²) >= 11 is 0. The van der Waals surface area contributed by atoms with E-state index in [-0.39, 0.29) is 0 Å². The maximum absolute atomic E-state index is 5.04. The molecule has 1 aromatic rings. The van der Waals surface area contributed by atoms with Crippen LogP contribution in [0, 0.1) is 18.4 Å². The quantitative estimate of drug-likeness (QED) is 0.443. The molecule has 0 amide bonds. The second-order valence-corrected chi connectivity index (χ2v) is 1.32. The monoisotopic (exact) mass is 102 g/mol. The van der Waals surface area contributed by atoms with Crippen LogP contribution < -0.4 is 0 Å². The Morgan fingerprint density at radius 2 is 2.62 bits per heavy atom. The minimum atomic E-state index is 0.771. The van der Waals surface area contributed by atoms with Crippen LogP contribution in [0.25, 0.3) is 0 Å². The molecule has 0 aliphatic heterocycles. The number of pyridine rings is 1. The molecule has 0 saturated carbocycles. The van der Waals surface area contributed by atoms with Crippen molar-refractivity contribution in [3.8, 4) is 12.3 Å². The summed E-state index contributed by atoms with van der Waals surface area (Å²) < 4.78 is 0. The van der Waals surface area contributed by atoms with Crippen LogP contribution in [0.15, 0.2) is 18.5 Å². The molecule has 0 unspecified atom stereocenters. The molecule has 1 nitrogen and oxygen atoms in total. The maximum atomic E-state index is 5.04. The van der Waals surface area contributed by atoms with Crippen LogP contribution in [-0.4, -0.2) is 4.98 Å². The third-order valence-corrected chi connectivity index (χ3v) is 0.768. The van der Waals surface area contributed by atoms with E-state index in [2.05, 4.69) is 17.0 Å². The number of hydrogen-bond acceptors (Lipinski definition) is 1. The van der Waals surface area contributed by atoms with Gasteiger partial charge in [-0.15, -0.1) is 6.42 Å². The molecule has 8 heavy (non-hydrogen) atoms. The molecule has 0 spiro atoms. The molecule has 1 heteroatoms. The molecule has 0 aliphatic carbocycles. The summed E-state index contributed by atoms with van der Waals surface area (Å²) in [6, 6.07) is 4.47. The summed E-state index contributed by atoms with van der Waals surface area (Å²) in [7, 11) is 0. The summed E-state index contributed by atoms with van der Waals surface area (Å²) in [5.74, 6) is 2.43. The van der Waals surface area contributed by atoms with Crippen LogP contribution in [0.5, 0.6) is 0 Å². The van der Waals surface area contributed by atoms with Gasteiger partial charge in [-0.2, -0.15) is 0 Å². The van der Waals surface area contributed by atoms with E-state index in [1.54, 1.807) is 18.5 Å². The van der Waals surface area contributed by atoms with Crippen LogP contribution in [-0.2, 0) is 0 Å². The minimum absolute atomic E-state index is 0.771. The maximum Gasteiger partial charge on any atom is 0.0432 e. The highest BCUT2D eigenvalue weighted by atomic mass is 14.6. The Kier molecular flexibility index (Phi) is 1.29. The fraction of sp³-hybridized carbons (Fsp3) is 0. The fourth-order valence-electron chi connectivity index (χ4n) is 0.404. The number of hydrogen-bond donors (Lipinski definition) is 0. The van der Waals surface area contributed by atoms with Crippen molar-refractivity contribution < 1.29 is 0 Å². The van der Waals surface area contributed by atoms with Gasteiger partial charge in [0.25, 0.3) is 0 Å². The summed E-state index contributed by atoms with van der Waals surface area (Å²) in [5, 5.41) is 0. The molecule has 0 fully saturated rings. The SMILES string of the molecule is C#Cc1c[c]cnc1. The van der Waals surface area contributed by atoms with Crippen molar-refractivity contribution in [2.75, 3.05) is 0 Å². The van der Waals surface area contributed by atoms with E-state index in [9.17, 15) is 0 Å². The summed E-state index contributed by atoms with van der Waals surface area (Å²) in [6.45, 7) is 0. The van der Waals surface area contributed by atoms with E-state index >= 15 is 0 Å². The summed E-state index contributed by atoms with van der Waals surface area (Å²) in [4.78, 5) is 3.76. The van der Waals surface area contributed by atoms with Crippen LogP contribution in [0.3, 0.4) is 0 Å². The average Bonchev–Trinajstić information content (AvgIpc) is 1.90. The van der Waals surface area contributed by atoms with Crippen molar-refractivity contribution in [1.82, 2.24) is 4.98 Å². The van der Waals surface area contributed by atoms with Crippen molar-refractivity contribution in [2.24, 2.45) is 0 Å². The lowest BCUT2D eigenvalue weighted by atomic mass is 10.3. The summed E-state index contributed by atoms with van der Waals surface area (Å²) in [5.41, 5.74) is 0.771. The molecule has 0 aliphatic rings. The Hall–Kier alpha value is -1.29. The topological polar surface area (TPSA) is 12.9 Å². The second-order valence-electron chi connectivity index (χ2n) is 1.32. The molecule has 1 radical (unpaired) electrons. The van der Waals surface area contributed by atoms with Gasteiger partial charge in [0.15, 0.2) is 0 Å². The van der Waals surface area contributed by atoms with Crippen molar-refractivity contribution >= 4 is 0 Å². The first-order valence-electron chi connectivity index (χ1n) is 2.21. The van der Waals surface area contributed by atoms with Crippen LogP contribution in [0.1, 0.15) is 5.56 Å². The first-order chi connectivity index (χ1) is 3.93. The molecule has 0 atom stereocenters. The zero-order valence-corrected chi connectivity index (χ0v) is 4.26. The normalized spacial score (nSPS) is 7.88. The van der Waals surface area contributed by atoms with Gasteiger partial charge in [-0.1, -0.05) is 5.92 Å². The minimum Gasteiger partial charge on any atom is -0.263 e. The molecule has 1 rings (SSSR count). The summed E-state index contributed by atoms with van der Waals surface area (Å²) in [6.07, 6.45) is 8.23. The van der Waals surface area contributed by atoms with Gasteiger partial charge in [-0.25, -0.2) is 0 Å². The Morgan fingerprint density at radius 1 is 1.75 bits per heavy atom. The molecule has 0 N–H and O–H groups in total. The van der Waals surface area contributed by atoms with E-state index < -0.39 is 0 Å². The number of nitrogens with zero attached hydrogens (tertiary/aromatic N) is 1. The van der Waals surface area contributed by atoms with E-state index in [1.165, 1.54) is 0 Å². The molecule has 1 heterocycles. The van der Waals surface area contributed by atoms with Gasteiger partial charge in [-0.05, 0) is 6.07 Å². The number of terminal acetylenes is 1. The van der Waals surface area contributed by atoms with E-state index in [0.29, 0.717) is 0 Å². The Labute approximate surface area is 48.4 Å². The molecule has 0 saturated heterocycles. The zero-order valence-electron chi connectivity index (χ0n) is 4.26. The zero-order chi connectivity index (χ0) is 5.82. The highest BCUT2D eigenvalue weighted by Gasteiger charge is 1.78. The third kappa shape index (κ3) is 0.855. The second kappa shape index (κ2) is 2.13. The van der Waals surface area contributed by atoms with Gasteiger partial charge in [0.05, 0.1) is 0 Å². The third-order valence-electron chi connectivity index (χ3n) is 0.768. The van der Waals surface area contributed by atoms with Crippen molar-refractivity contribution in [3.63, 3.8) is 0 Å². The highest BCUT2D eigenvalue weighted by molar-refractivity contribution is 5.27. The molecule has 1 aromatic heterocycles. The smallest absolute Gasteiger partial charge is 0.0432 e. The van der Waals surface area contributed by atoms with Crippen molar-refractivity contribution in [2.45, 2.75) is 0 Å². The van der Waals surface area contributed by atoms with E-state index in [0.717, 1.165) is 5.56 Å². The standard InChI is InChI=1S/C7H4N/c1-2-7-4-3-5-8-6-7/h1,4-6H. The number of rotatable bonds is 0. The lowest BCUT2D eigenvalue weighted by Gasteiger charge is -1.81. The van der Waals surface area contributed by atoms with Gasteiger partial charge in [0.2, 0.25) is 0 Å².